The molecule has 2 aliphatic rings. The Morgan fingerprint density at radius 2 is 1.75 bits per heavy atom. The Morgan fingerprint density at radius 1 is 1.03 bits per heavy atom. The molecule has 2 fully saturated rings. The van der Waals surface area contributed by atoms with Crippen molar-refractivity contribution in [3.63, 3.8) is 0 Å². The third kappa shape index (κ3) is 6.02. The van der Waals surface area contributed by atoms with Crippen LogP contribution in [0.4, 0.5) is 5.69 Å². The van der Waals surface area contributed by atoms with Gasteiger partial charge in [-0.25, -0.2) is 0 Å². The minimum Gasteiger partial charge on any atom is -0.381 e. The fourth-order valence-corrected chi connectivity index (χ4v) is 4.69. The molecule has 0 aromatic heterocycles. The number of aliphatic imine (C=N–C) groups is 1. The number of hydrogen-bond donors (Lipinski definition) is 1. The molecule has 172 valence electrons. The van der Waals surface area contributed by atoms with Crippen molar-refractivity contribution in [1.29, 1.82) is 0 Å². The molecular weight excluding hydrogens is 398 g/mol. The van der Waals surface area contributed by atoms with Crippen molar-refractivity contribution in [3.8, 4) is 0 Å². The van der Waals surface area contributed by atoms with Gasteiger partial charge in [0.1, 0.15) is 0 Å². The van der Waals surface area contributed by atoms with Gasteiger partial charge in [0, 0.05) is 78.1 Å². The highest BCUT2D eigenvalue weighted by Crippen LogP contribution is 2.18. The summed E-state index contributed by atoms with van der Waals surface area (Å²) in [7, 11) is 3.98. The predicted molar refractivity (Wildman–Crippen MR) is 132 cm³/mol. The van der Waals surface area contributed by atoms with Crippen LogP contribution in [0.15, 0.2) is 59.6 Å². The van der Waals surface area contributed by atoms with Gasteiger partial charge in [-0.15, -0.1) is 0 Å². The molecule has 6 nitrogen and oxygen atoms in total. The summed E-state index contributed by atoms with van der Waals surface area (Å²) in [4.78, 5) is 11.8. The van der Waals surface area contributed by atoms with E-state index < -0.39 is 0 Å². The zero-order chi connectivity index (χ0) is 22.2. The Bertz CT molecular complexity index is 858. The average Bonchev–Trinajstić information content (AvgIpc) is 3.34. The van der Waals surface area contributed by atoms with Crippen molar-refractivity contribution in [1.82, 2.24) is 15.1 Å². The Hall–Kier alpha value is -2.57. The van der Waals surface area contributed by atoms with Gasteiger partial charge >= 0.3 is 0 Å². The molecule has 2 aromatic carbocycles. The van der Waals surface area contributed by atoms with Crippen LogP contribution in [0.1, 0.15) is 17.5 Å². The number of hydrogen-bond acceptors (Lipinski definition) is 4. The van der Waals surface area contributed by atoms with E-state index >= 15 is 0 Å². The highest BCUT2D eigenvalue weighted by Gasteiger charge is 2.20. The first-order valence-corrected chi connectivity index (χ1v) is 11.8. The monoisotopic (exact) mass is 435 g/mol. The summed E-state index contributed by atoms with van der Waals surface area (Å²) in [6.45, 7) is 8.84. The van der Waals surface area contributed by atoms with E-state index in [0.717, 1.165) is 71.4 Å². The van der Waals surface area contributed by atoms with E-state index in [4.69, 9.17) is 4.74 Å². The molecule has 1 unspecified atom stereocenters. The first-order valence-electron chi connectivity index (χ1n) is 11.8. The number of guanidine groups is 1. The summed E-state index contributed by atoms with van der Waals surface area (Å²) in [5, 5.41) is 3.57. The highest BCUT2D eigenvalue weighted by molar-refractivity contribution is 5.79. The van der Waals surface area contributed by atoms with E-state index in [0.29, 0.717) is 5.92 Å². The predicted octanol–water partition coefficient (Wildman–Crippen LogP) is 3.05. The van der Waals surface area contributed by atoms with Gasteiger partial charge < -0.3 is 19.9 Å². The summed E-state index contributed by atoms with van der Waals surface area (Å²) >= 11 is 0. The van der Waals surface area contributed by atoms with E-state index in [1.54, 1.807) is 0 Å². The van der Waals surface area contributed by atoms with Crippen molar-refractivity contribution in [2.45, 2.75) is 19.5 Å². The minimum absolute atomic E-state index is 0.598. The van der Waals surface area contributed by atoms with Gasteiger partial charge in [-0.05, 0) is 29.7 Å². The summed E-state index contributed by atoms with van der Waals surface area (Å²) in [5.41, 5.74) is 4.07. The van der Waals surface area contributed by atoms with Crippen LogP contribution < -0.4 is 10.2 Å². The van der Waals surface area contributed by atoms with Gasteiger partial charge in [0.05, 0.1) is 6.61 Å². The standard InChI is InChI=1S/C26H37N5O/c1-27-26(29(2)19-22-12-17-32-21-22)28-18-23-8-6-7-9-24(23)20-30-13-15-31(16-14-30)25-10-4-3-5-11-25/h3-11,22H,12-21H2,1-2H3,(H,27,28). The summed E-state index contributed by atoms with van der Waals surface area (Å²) < 4.78 is 5.53. The fraction of sp³-hybridized carbons (Fsp3) is 0.500. The molecule has 1 atom stereocenters. The van der Waals surface area contributed by atoms with E-state index in [2.05, 4.69) is 86.7 Å². The lowest BCUT2D eigenvalue weighted by Gasteiger charge is -2.36. The van der Waals surface area contributed by atoms with Crippen molar-refractivity contribution in [2.75, 3.05) is 64.9 Å². The molecule has 4 rings (SSSR count). The van der Waals surface area contributed by atoms with E-state index in [1.165, 1.54) is 16.8 Å². The SMILES string of the molecule is CN=C(NCc1ccccc1CN1CCN(c2ccccc2)CC1)N(C)CC1CCOC1. The maximum atomic E-state index is 5.53. The second-order valence-electron chi connectivity index (χ2n) is 8.88. The first kappa shape index (κ1) is 22.6. The largest absolute Gasteiger partial charge is 0.381 e. The molecule has 0 saturated carbocycles. The Kier molecular flexibility index (Phi) is 8.02. The number of piperazine rings is 1. The Balaban J connectivity index is 1.30. The lowest BCUT2D eigenvalue weighted by atomic mass is 10.1. The van der Waals surface area contributed by atoms with E-state index in [1.807, 2.05) is 7.05 Å². The Morgan fingerprint density at radius 3 is 2.44 bits per heavy atom. The summed E-state index contributed by atoms with van der Waals surface area (Å²) in [6, 6.07) is 19.5. The topological polar surface area (TPSA) is 43.3 Å². The van der Waals surface area contributed by atoms with Gasteiger partial charge in [0.25, 0.3) is 0 Å². The second-order valence-corrected chi connectivity index (χ2v) is 8.88. The molecule has 2 heterocycles. The first-order chi connectivity index (χ1) is 15.7. The zero-order valence-electron chi connectivity index (χ0n) is 19.5. The van der Waals surface area contributed by atoms with Crippen molar-refractivity contribution in [3.05, 3.63) is 65.7 Å². The molecule has 0 bridgehead atoms. The lowest BCUT2D eigenvalue weighted by molar-refractivity contribution is 0.181. The number of rotatable bonds is 7. The van der Waals surface area contributed by atoms with Crippen LogP contribution in [-0.4, -0.2) is 75.8 Å². The summed E-state index contributed by atoms with van der Waals surface area (Å²) in [6.07, 6.45) is 1.14. The van der Waals surface area contributed by atoms with Crippen LogP contribution in [0.2, 0.25) is 0 Å². The average molecular weight is 436 g/mol. The van der Waals surface area contributed by atoms with Crippen LogP contribution in [0.3, 0.4) is 0 Å². The maximum absolute atomic E-state index is 5.53. The third-order valence-electron chi connectivity index (χ3n) is 6.57. The molecule has 2 aromatic rings. The second kappa shape index (κ2) is 11.3. The van der Waals surface area contributed by atoms with Crippen LogP contribution in [0.25, 0.3) is 0 Å². The quantitative estimate of drug-likeness (QED) is 0.535. The molecule has 2 saturated heterocycles. The van der Waals surface area contributed by atoms with Crippen LogP contribution in [0, 0.1) is 5.92 Å². The minimum atomic E-state index is 0.598. The van der Waals surface area contributed by atoms with E-state index in [9.17, 15) is 0 Å². The van der Waals surface area contributed by atoms with Gasteiger partial charge in [-0.3, -0.25) is 9.89 Å². The molecule has 6 heteroatoms. The van der Waals surface area contributed by atoms with Crippen LogP contribution in [0.5, 0.6) is 0 Å². The van der Waals surface area contributed by atoms with Crippen molar-refractivity contribution in [2.24, 2.45) is 10.9 Å². The van der Waals surface area contributed by atoms with E-state index in [-0.39, 0.29) is 0 Å². The molecule has 1 N–H and O–H groups in total. The molecule has 2 aliphatic heterocycles. The zero-order valence-corrected chi connectivity index (χ0v) is 19.5. The maximum Gasteiger partial charge on any atom is 0.193 e. The van der Waals surface area contributed by atoms with Crippen LogP contribution in [-0.2, 0) is 17.8 Å². The molecule has 0 radical (unpaired) electrons. The van der Waals surface area contributed by atoms with Gasteiger partial charge in [-0.1, -0.05) is 42.5 Å². The normalized spacial score (nSPS) is 19.9. The molecule has 32 heavy (non-hydrogen) atoms. The Labute approximate surface area is 192 Å². The lowest BCUT2D eigenvalue weighted by Crippen LogP contribution is -2.46. The number of anilines is 1. The van der Waals surface area contributed by atoms with Crippen molar-refractivity contribution < 1.29 is 4.74 Å². The molecule has 0 aliphatic carbocycles. The number of benzene rings is 2. The fourth-order valence-electron chi connectivity index (χ4n) is 4.69. The third-order valence-corrected chi connectivity index (χ3v) is 6.57. The van der Waals surface area contributed by atoms with Crippen LogP contribution >= 0.6 is 0 Å². The number of ether oxygens (including phenoxy) is 1. The van der Waals surface area contributed by atoms with Gasteiger partial charge in [-0.2, -0.15) is 0 Å². The number of para-hydroxylation sites is 1. The van der Waals surface area contributed by atoms with Crippen molar-refractivity contribution >= 4 is 11.6 Å². The van der Waals surface area contributed by atoms with Gasteiger partial charge in [0.2, 0.25) is 0 Å². The highest BCUT2D eigenvalue weighted by atomic mass is 16.5. The molecular formula is C26H37N5O. The summed E-state index contributed by atoms with van der Waals surface area (Å²) in [5.74, 6) is 1.54. The molecule has 0 spiro atoms. The number of nitrogens with one attached hydrogen (secondary N) is 1. The van der Waals surface area contributed by atoms with Gasteiger partial charge in [0.15, 0.2) is 5.96 Å². The smallest absolute Gasteiger partial charge is 0.193 e. The number of nitrogens with zero attached hydrogens (tertiary/aromatic N) is 4. The molecule has 0 amide bonds.